The van der Waals surface area contributed by atoms with Gasteiger partial charge in [0.1, 0.15) is 10.6 Å². The molecule has 0 aliphatic heterocycles. The number of halogens is 1. The van der Waals surface area contributed by atoms with Crippen LogP contribution < -0.4 is 0 Å². The molecule has 1 rings (SSSR count). The quantitative estimate of drug-likeness (QED) is 0.757. The third-order valence-electron chi connectivity index (χ3n) is 2.97. The zero-order chi connectivity index (χ0) is 15.5. The lowest BCUT2D eigenvalue weighted by atomic mass is 10.2. The van der Waals surface area contributed by atoms with E-state index in [1.54, 1.807) is 9.47 Å². The van der Waals surface area contributed by atoms with Crippen LogP contribution in [-0.4, -0.2) is 36.9 Å². The Bertz CT molecular complexity index is 578. The second kappa shape index (κ2) is 6.63. The van der Waals surface area contributed by atoms with Gasteiger partial charge in [-0.25, -0.2) is 8.42 Å². The van der Waals surface area contributed by atoms with E-state index in [0.29, 0.717) is 31.2 Å². The van der Waals surface area contributed by atoms with Crippen LogP contribution in [0.4, 0.5) is 0 Å². The molecular formula is C13H21ClN2O3S. The van der Waals surface area contributed by atoms with Gasteiger partial charge >= 0.3 is 0 Å². The Morgan fingerprint density at radius 2 is 2.00 bits per heavy atom. The molecule has 0 fully saturated rings. The summed E-state index contributed by atoms with van der Waals surface area (Å²) >= 11 is 0. The van der Waals surface area contributed by atoms with Crippen LogP contribution >= 0.6 is 10.7 Å². The largest absolute Gasteiger partial charge is 0.342 e. The molecular weight excluding hydrogens is 300 g/mol. The van der Waals surface area contributed by atoms with E-state index < -0.39 is 9.05 Å². The number of amides is 1. The van der Waals surface area contributed by atoms with E-state index in [2.05, 4.69) is 0 Å². The van der Waals surface area contributed by atoms with E-state index in [1.807, 2.05) is 27.7 Å². The molecule has 1 aromatic heterocycles. The highest BCUT2D eigenvalue weighted by atomic mass is 35.7. The summed E-state index contributed by atoms with van der Waals surface area (Å²) < 4.78 is 24.4. The molecule has 1 heterocycles. The minimum Gasteiger partial charge on any atom is -0.342 e. The van der Waals surface area contributed by atoms with Crippen LogP contribution in [0.2, 0.25) is 0 Å². The van der Waals surface area contributed by atoms with Gasteiger partial charge < -0.3 is 9.47 Å². The van der Waals surface area contributed by atoms with E-state index in [-0.39, 0.29) is 10.8 Å². The van der Waals surface area contributed by atoms with Crippen LogP contribution in [0.25, 0.3) is 0 Å². The van der Waals surface area contributed by atoms with Crippen LogP contribution in [0.5, 0.6) is 0 Å². The molecule has 5 nitrogen and oxygen atoms in total. The fourth-order valence-electron chi connectivity index (χ4n) is 2.02. The van der Waals surface area contributed by atoms with E-state index in [4.69, 9.17) is 10.7 Å². The Balaban J connectivity index is 3.17. The van der Waals surface area contributed by atoms with Gasteiger partial charge in [-0.1, -0.05) is 13.8 Å². The fraction of sp³-hybridized carbons (Fsp3) is 0.615. The highest BCUT2D eigenvalue weighted by Crippen LogP contribution is 2.20. The van der Waals surface area contributed by atoms with Crippen molar-refractivity contribution in [2.45, 2.75) is 39.1 Å². The molecule has 0 aromatic carbocycles. The van der Waals surface area contributed by atoms with Gasteiger partial charge in [0.05, 0.1) is 0 Å². The first-order chi connectivity index (χ1) is 9.20. The molecule has 20 heavy (non-hydrogen) atoms. The number of rotatable bonds is 6. The van der Waals surface area contributed by atoms with E-state index in [1.165, 1.54) is 12.3 Å². The summed E-state index contributed by atoms with van der Waals surface area (Å²) in [5, 5.41) is 0. The van der Waals surface area contributed by atoms with Crippen LogP contribution in [-0.2, 0) is 15.6 Å². The summed E-state index contributed by atoms with van der Waals surface area (Å²) in [6.07, 6.45) is 1.40. The van der Waals surface area contributed by atoms with Gasteiger partial charge in [0.15, 0.2) is 0 Å². The predicted octanol–water partition coefficient (Wildman–Crippen LogP) is 2.55. The molecule has 0 aliphatic carbocycles. The molecule has 0 saturated heterocycles. The van der Waals surface area contributed by atoms with Crippen LogP contribution in [0, 0.1) is 5.92 Å². The smallest absolute Gasteiger partial charge is 0.270 e. The van der Waals surface area contributed by atoms with Crippen molar-refractivity contribution in [1.29, 1.82) is 0 Å². The second-order valence-electron chi connectivity index (χ2n) is 5.02. The highest BCUT2D eigenvalue weighted by molar-refractivity contribution is 8.13. The predicted molar refractivity (Wildman–Crippen MR) is 79.6 cm³/mol. The number of carbonyl (C=O) groups excluding carboxylic acids is 1. The van der Waals surface area contributed by atoms with Crippen molar-refractivity contribution >= 4 is 25.6 Å². The number of hydrogen-bond acceptors (Lipinski definition) is 3. The lowest BCUT2D eigenvalue weighted by Gasteiger charge is -2.23. The summed E-state index contributed by atoms with van der Waals surface area (Å²) in [6, 6.07) is 1.34. The molecule has 0 unspecified atom stereocenters. The van der Waals surface area contributed by atoms with Gasteiger partial charge in [-0.15, -0.1) is 0 Å². The van der Waals surface area contributed by atoms with Gasteiger partial charge in [-0.05, 0) is 25.8 Å². The number of aromatic nitrogens is 1. The molecule has 0 radical (unpaired) electrons. The SMILES string of the molecule is CCN(CC(C)C)C(=O)c1cc(S(=O)(=O)Cl)cn1CC. The minimum absolute atomic E-state index is 0.0371. The van der Waals surface area contributed by atoms with Crippen molar-refractivity contribution in [3.63, 3.8) is 0 Å². The third-order valence-corrected chi connectivity index (χ3v) is 4.29. The van der Waals surface area contributed by atoms with E-state index in [0.717, 1.165) is 0 Å². The Hall–Kier alpha value is -1.01. The van der Waals surface area contributed by atoms with Gasteiger partial charge in [0.25, 0.3) is 15.0 Å². The summed E-state index contributed by atoms with van der Waals surface area (Å²) in [7, 11) is 1.51. The summed E-state index contributed by atoms with van der Waals surface area (Å²) in [6.45, 7) is 9.53. The Labute approximate surface area is 124 Å². The summed E-state index contributed by atoms with van der Waals surface area (Å²) in [4.78, 5) is 14.2. The van der Waals surface area contributed by atoms with Crippen molar-refractivity contribution in [1.82, 2.24) is 9.47 Å². The molecule has 114 valence electrons. The first-order valence-electron chi connectivity index (χ1n) is 6.64. The zero-order valence-corrected chi connectivity index (χ0v) is 13.8. The van der Waals surface area contributed by atoms with Gasteiger partial charge in [-0.2, -0.15) is 0 Å². The molecule has 7 heteroatoms. The highest BCUT2D eigenvalue weighted by Gasteiger charge is 2.23. The number of carbonyl (C=O) groups is 1. The van der Waals surface area contributed by atoms with E-state index >= 15 is 0 Å². The topological polar surface area (TPSA) is 59.4 Å². The molecule has 0 bridgehead atoms. The second-order valence-corrected chi connectivity index (χ2v) is 7.59. The molecule has 0 atom stereocenters. The molecule has 1 aromatic rings. The van der Waals surface area contributed by atoms with Crippen molar-refractivity contribution < 1.29 is 13.2 Å². The van der Waals surface area contributed by atoms with Crippen LogP contribution in [0.15, 0.2) is 17.2 Å². The number of nitrogens with zero attached hydrogens (tertiary/aromatic N) is 2. The Kier molecular flexibility index (Phi) is 5.65. The molecule has 0 saturated carbocycles. The maximum absolute atomic E-state index is 12.5. The Morgan fingerprint density at radius 1 is 1.40 bits per heavy atom. The first-order valence-corrected chi connectivity index (χ1v) is 8.95. The lowest BCUT2D eigenvalue weighted by molar-refractivity contribution is 0.0735. The minimum atomic E-state index is -3.82. The van der Waals surface area contributed by atoms with Gasteiger partial charge in [-0.3, -0.25) is 4.79 Å². The standard InChI is InChI=1S/C13H21ClN2O3S/c1-5-15-9-11(20(14,18)19)7-12(15)13(17)16(6-2)8-10(3)4/h7,9-10H,5-6,8H2,1-4H3. The van der Waals surface area contributed by atoms with Crippen molar-refractivity contribution in [3.05, 3.63) is 18.0 Å². The molecule has 1 amide bonds. The molecule has 0 N–H and O–H groups in total. The van der Waals surface area contributed by atoms with Gasteiger partial charge in [0.2, 0.25) is 0 Å². The Morgan fingerprint density at radius 3 is 2.40 bits per heavy atom. The summed E-state index contributed by atoms with van der Waals surface area (Å²) in [5.74, 6) is 0.176. The average molecular weight is 321 g/mol. The normalized spacial score (nSPS) is 11.9. The lowest BCUT2D eigenvalue weighted by Crippen LogP contribution is -2.35. The van der Waals surface area contributed by atoms with Crippen molar-refractivity contribution in [2.75, 3.05) is 13.1 Å². The van der Waals surface area contributed by atoms with Crippen molar-refractivity contribution in [3.8, 4) is 0 Å². The maximum Gasteiger partial charge on any atom is 0.270 e. The molecule has 0 spiro atoms. The first kappa shape index (κ1) is 17.0. The van der Waals surface area contributed by atoms with Gasteiger partial charge in [0, 0.05) is 36.5 Å². The van der Waals surface area contributed by atoms with Crippen molar-refractivity contribution in [2.24, 2.45) is 5.92 Å². The summed E-state index contributed by atoms with van der Waals surface area (Å²) in [5.41, 5.74) is 0.356. The van der Waals surface area contributed by atoms with E-state index in [9.17, 15) is 13.2 Å². The monoisotopic (exact) mass is 320 g/mol. The maximum atomic E-state index is 12.5. The van der Waals surface area contributed by atoms with Crippen LogP contribution in [0.3, 0.4) is 0 Å². The van der Waals surface area contributed by atoms with Crippen LogP contribution in [0.1, 0.15) is 38.2 Å². The fourth-order valence-corrected chi connectivity index (χ4v) is 2.77. The number of hydrogen-bond donors (Lipinski definition) is 0. The molecule has 0 aliphatic rings. The number of aryl methyl sites for hydroxylation is 1. The zero-order valence-electron chi connectivity index (χ0n) is 12.3. The third kappa shape index (κ3) is 3.99. The average Bonchev–Trinajstić information content (AvgIpc) is 2.78.